The number of aromatic nitrogens is 1. The molecule has 1 unspecified atom stereocenters. The number of fused-ring (bicyclic) bond motifs is 1. The smallest absolute Gasteiger partial charge is 0.433 e. The van der Waals surface area contributed by atoms with Crippen LogP contribution in [-0.2, 0) is 11.0 Å². The van der Waals surface area contributed by atoms with Crippen molar-refractivity contribution >= 4 is 17.5 Å². The first kappa shape index (κ1) is 17.9. The summed E-state index contributed by atoms with van der Waals surface area (Å²) in [6.07, 6.45) is -3.65. The summed E-state index contributed by atoms with van der Waals surface area (Å²) in [5, 5.41) is 18.6. The lowest BCUT2D eigenvalue weighted by Gasteiger charge is -2.41. The zero-order valence-electron chi connectivity index (χ0n) is 14.7. The molecule has 1 aromatic rings. The number of nitriles is 1. The number of carbonyl (C=O) groups is 1. The minimum Gasteiger partial charge on any atom is -0.481 e. The molecule has 9 heteroatoms. The molecule has 0 bridgehead atoms. The molecule has 27 heavy (non-hydrogen) atoms. The number of aliphatic carboxylic acids is 1. The van der Waals surface area contributed by atoms with Gasteiger partial charge in [0.1, 0.15) is 23.1 Å². The third kappa shape index (κ3) is 2.97. The summed E-state index contributed by atoms with van der Waals surface area (Å²) in [5.41, 5.74) is -0.561. The topological polar surface area (TPSA) is 80.5 Å². The van der Waals surface area contributed by atoms with Gasteiger partial charge >= 0.3 is 12.1 Å². The van der Waals surface area contributed by atoms with E-state index in [1.54, 1.807) is 9.80 Å². The van der Waals surface area contributed by atoms with Crippen LogP contribution in [-0.4, -0.2) is 41.7 Å². The summed E-state index contributed by atoms with van der Waals surface area (Å²) in [6, 6.07) is 3.07. The molecule has 3 aliphatic rings. The van der Waals surface area contributed by atoms with Crippen LogP contribution in [0, 0.1) is 29.1 Å². The van der Waals surface area contributed by atoms with Crippen LogP contribution in [0.3, 0.4) is 0 Å². The first-order valence-electron chi connectivity index (χ1n) is 8.96. The predicted molar refractivity (Wildman–Crippen MR) is 90.3 cm³/mol. The highest BCUT2D eigenvalue weighted by atomic mass is 19.4. The van der Waals surface area contributed by atoms with Crippen molar-refractivity contribution < 1.29 is 23.1 Å². The lowest BCUT2D eigenvalue weighted by atomic mass is 10.0. The Morgan fingerprint density at radius 3 is 2.52 bits per heavy atom. The molecule has 1 aromatic heterocycles. The summed E-state index contributed by atoms with van der Waals surface area (Å²) in [4.78, 5) is 18.2. The molecule has 1 saturated carbocycles. The van der Waals surface area contributed by atoms with Crippen LogP contribution in [0.4, 0.5) is 24.7 Å². The van der Waals surface area contributed by atoms with E-state index in [4.69, 9.17) is 5.11 Å². The van der Waals surface area contributed by atoms with Crippen molar-refractivity contribution in [2.75, 3.05) is 29.4 Å². The van der Waals surface area contributed by atoms with Crippen LogP contribution >= 0.6 is 0 Å². The lowest BCUT2D eigenvalue weighted by molar-refractivity contribution is -0.141. The number of piperidine rings is 1. The number of anilines is 2. The molecule has 0 spiro atoms. The van der Waals surface area contributed by atoms with E-state index in [1.165, 1.54) is 0 Å². The summed E-state index contributed by atoms with van der Waals surface area (Å²) in [7, 11) is 0. The average molecular weight is 380 g/mol. The molecule has 144 valence electrons. The van der Waals surface area contributed by atoms with E-state index < -0.39 is 17.8 Å². The van der Waals surface area contributed by atoms with Crippen LogP contribution in [0.2, 0.25) is 0 Å². The molecule has 4 rings (SSSR count). The van der Waals surface area contributed by atoms with E-state index in [-0.39, 0.29) is 47.3 Å². The van der Waals surface area contributed by atoms with Gasteiger partial charge in [-0.05, 0) is 37.2 Å². The van der Waals surface area contributed by atoms with Crippen LogP contribution in [0.15, 0.2) is 6.07 Å². The number of hydrogen-bond acceptors (Lipinski definition) is 5. The van der Waals surface area contributed by atoms with Crippen LogP contribution in [0.1, 0.15) is 31.0 Å². The van der Waals surface area contributed by atoms with Gasteiger partial charge in [0, 0.05) is 32.1 Å². The largest absolute Gasteiger partial charge is 0.481 e. The van der Waals surface area contributed by atoms with Crippen molar-refractivity contribution in [1.82, 2.24) is 4.98 Å². The Labute approximate surface area is 154 Å². The lowest BCUT2D eigenvalue weighted by Crippen LogP contribution is -2.47. The summed E-state index contributed by atoms with van der Waals surface area (Å²) < 4.78 is 40.2. The Balaban J connectivity index is 1.67. The fourth-order valence-corrected chi connectivity index (χ4v) is 4.41. The van der Waals surface area contributed by atoms with Crippen LogP contribution < -0.4 is 9.80 Å². The second-order valence-electron chi connectivity index (χ2n) is 7.66. The van der Waals surface area contributed by atoms with Gasteiger partial charge in [0.25, 0.3) is 0 Å². The summed E-state index contributed by atoms with van der Waals surface area (Å²) >= 11 is 0. The molecule has 2 aliphatic heterocycles. The highest BCUT2D eigenvalue weighted by Crippen LogP contribution is 2.55. The molecular weight excluding hydrogens is 361 g/mol. The number of nitrogens with zero attached hydrogens (tertiary/aromatic N) is 4. The monoisotopic (exact) mass is 380 g/mol. The van der Waals surface area contributed by atoms with Gasteiger partial charge < -0.3 is 14.9 Å². The molecule has 0 radical (unpaired) electrons. The Hall–Kier alpha value is -2.50. The molecule has 3 fully saturated rings. The number of hydrogen-bond donors (Lipinski definition) is 1. The molecule has 0 amide bonds. The van der Waals surface area contributed by atoms with E-state index in [9.17, 15) is 23.2 Å². The SMILES string of the molecule is C[C@H]1CCN1c1nc(C(F)(F)F)cc(N2C[C@@H]3C(CC(=O)O)[C@@H]3C2)c1C#N. The van der Waals surface area contributed by atoms with Gasteiger partial charge in [-0.2, -0.15) is 18.4 Å². The normalized spacial score (nSPS) is 29.1. The number of carboxylic acids is 1. The molecule has 1 N–H and O–H groups in total. The Morgan fingerprint density at radius 2 is 2.07 bits per heavy atom. The number of pyridine rings is 1. The maximum absolute atomic E-state index is 13.4. The van der Waals surface area contributed by atoms with E-state index in [0.29, 0.717) is 19.6 Å². The number of carboxylic acid groups (broad SMARTS) is 1. The molecule has 4 atom stereocenters. The molecule has 3 heterocycles. The molecule has 1 aliphatic carbocycles. The van der Waals surface area contributed by atoms with Crippen molar-refractivity contribution in [2.24, 2.45) is 17.8 Å². The first-order valence-corrected chi connectivity index (χ1v) is 8.96. The maximum Gasteiger partial charge on any atom is 0.433 e. The Kier molecular flexibility index (Phi) is 3.98. The van der Waals surface area contributed by atoms with Gasteiger partial charge in [-0.15, -0.1) is 0 Å². The van der Waals surface area contributed by atoms with Gasteiger partial charge in [-0.25, -0.2) is 4.98 Å². The minimum absolute atomic E-state index is 0.0489. The third-order valence-corrected chi connectivity index (χ3v) is 6.10. The first-order chi connectivity index (χ1) is 12.7. The van der Waals surface area contributed by atoms with Crippen molar-refractivity contribution in [3.63, 3.8) is 0 Å². The summed E-state index contributed by atoms with van der Waals surface area (Å²) in [6.45, 7) is 3.44. The third-order valence-electron chi connectivity index (χ3n) is 6.10. The molecule has 6 nitrogen and oxygen atoms in total. The van der Waals surface area contributed by atoms with E-state index in [1.807, 2.05) is 6.92 Å². The number of alkyl halides is 3. The number of rotatable bonds is 4. The molecule has 0 aromatic carbocycles. The zero-order chi connectivity index (χ0) is 19.5. The van der Waals surface area contributed by atoms with E-state index >= 15 is 0 Å². The predicted octanol–water partition coefficient (Wildman–Crippen LogP) is 2.73. The molecule has 2 saturated heterocycles. The van der Waals surface area contributed by atoms with Gasteiger partial charge in [0.2, 0.25) is 0 Å². The average Bonchev–Trinajstić information content (AvgIpc) is 3.02. The Morgan fingerprint density at radius 1 is 1.41 bits per heavy atom. The van der Waals surface area contributed by atoms with Gasteiger partial charge in [0.15, 0.2) is 0 Å². The van der Waals surface area contributed by atoms with Gasteiger partial charge in [0.05, 0.1) is 5.69 Å². The quantitative estimate of drug-likeness (QED) is 0.865. The van der Waals surface area contributed by atoms with Gasteiger partial charge in [-0.3, -0.25) is 4.79 Å². The highest BCUT2D eigenvalue weighted by molar-refractivity contribution is 5.73. The number of halogens is 3. The Bertz CT molecular complexity index is 823. The standard InChI is InChI=1S/C18H19F3N4O2/c1-9-2-3-25(9)17-11(6-22)14(5-15(23-17)18(19,20)21)24-7-12-10(4-16(26)27)13(12)8-24/h5,9-10,12-13H,2-4,7-8H2,1H3,(H,26,27)/t9-,10?,12-,13+/m0/s1. The van der Waals surface area contributed by atoms with E-state index in [2.05, 4.69) is 11.1 Å². The van der Waals surface area contributed by atoms with E-state index in [0.717, 1.165) is 12.5 Å². The van der Waals surface area contributed by atoms with Crippen molar-refractivity contribution in [3.05, 3.63) is 17.3 Å². The van der Waals surface area contributed by atoms with Crippen molar-refractivity contribution in [3.8, 4) is 6.07 Å². The fraction of sp³-hybridized carbons (Fsp3) is 0.611. The van der Waals surface area contributed by atoms with Crippen LogP contribution in [0.5, 0.6) is 0 Å². The van der Waals surface area contributed by atoms with Crippen molar-refractivity contribution in [2.45, 2.75) is 32.0 Å². The minimum atomic E-state index is -4.60. The van der Waals surface area contributed by atoms with Crippen LogP contribution in [0.25, 0.3) is 0 Å². The maximum atomic E-state index is 13.4. The molecular formula is C18H19F3N4O2. The second kappa shape index (κ2) is 6.01. The zero-order valence-corrected chi connectivity index (χ0v) is 14.7. The second-order valence-corrected chi connectivity index (χ2v) is 7.66. The fourth-order valence-electron chi connectivity index (χ4n) is 4.41. The highest BCUT2D eigenvalue weighted by Gasteiger charge is 2.56. The van der Waals surface area contributed by atoms with Crippen molar-refractivity contribution in [1.29, 1.82) is 5.26 Å². The van der Waals surface area contributed by atoms with Gasteiger partial charge in [-0.1, -0.05) is 0 Å². The summed E-state index contributed by atoms with van der Waals surface area (Å²) in [5.74, 6) is -0.328.